The molecule has 120 valence electrons. The van der Waals surface area contributed by atoms with E-state index in [1.807, 2.05) is 29.5 Å². The molecule has 0 radical (unpaired) electrons. The fraction of sp³-hybridized carbons (Fsp3) is 0.125. The monoisotopic (exact) mass is 444 g/mol. The van der Waals surface area contributed by atoms with Crippen LogP contribution >= 0.6 is 34.2 Å². The highest BCUT2D eigenvalue weighted by molar-refractivity contribution is 14.1. The van der Waals surface area contributed by atoms with Crippen molar-refractivity contribution in [1.29, 1.82) is 0 Å². The molecule has 0 saturated heterocycles. The van der Waals surface area contributed by atoms with Crippen molar-refractivity contribution >= 4 is 46.0 Å². The first kappa shape index (κ1) is 17.6. The summed E-state index contributed by atoms with van der Waals surface area (Å²) in [6.45, 7) is 2.44. The smallest absolute Gasteiger partial charge is 0.270 e. The van der Waals surface area contributed by atoms with Gasteiger partial charge in [-0.25, -0.2) is 0 Å². The summed E-state index contributed by atoms with van der Waals surface area (Å²) in [5.41, 5.74) is 5.60. The van der Waals surface area contributed by atoms with Crippen LogP contribution in [0, 0.1) is 3.57 Å². The zero-order valence-corrected chi connectivity index (χ0v) is 15.1. The minimum Gasteiger partial charge on any atom is -0.494 e. The minimum atomic E-state index is -0.412. The van der Waals surface area contributed by atoms with Crippen LogP contribution in [0.4, 0.5) is 0 Å². The van der Waals surface area contributed by atoms with Gasteiger partial charge in [-0.1, -0.05) is 11.6 Å². The van der Waals surface area contributed by atoms with E-state index in [2.05, 4.69) is 10.9 Å². The molecule has 0 saturated carbocycles. The van der Waals surface area contributed by atoms with Crippen molar-refractivity contribution in [3.05, 3.63) is 62.2 Å². The predicted molar refractivity (Wildman–Crippen MR) is 96.7 cm³/mol. The quantitative estimate of drug-likeness (QED) is 0.561. The Morgan fingerprint density at radius 3 is 2.35 bits per heavy atom. The second kappa shape index (κ2) is 8.16. The van der Waals surface area contributed by atoms with Gasteiger partial charge >= 0.3 is 0 Å². The molecule has 0 aliphatic rings. The lowest BCUT2D eigenvalue weighted by molar-refractivity contribution is 0.0846. The number of hydrazine groups is 1. The van der Waals surface area contributed by atoms with E-state index in [0.717, 1.165) is 0 Å². The maximum atomic E-state index is 12.1. The van der Waals surface area contributed by atoms with Gasteiger partial charge in [0.25, 0.3) is 11.8 Å². The Balaban J connectivity index is 1.96. The third kappa shape index (κ3) is 4.84. The van der Waals surface area contributed by atoms with Crippen LogP contribution in [0.1, 0.15) is 27.6 Å². The summed E-state index contributed by atoms with van der Waals surface area (Å²) < 4.78 is 6.00. The summed E-state index contributed by atoms with van der Waals surface area (Å²) in [5.74, 6) is -0.139. The van der Waals surface area contributed by atoms with Gasteiger partial charge in [0.15, 0.2) is 0 Å². The van der Waals surface area contributed by atoms with Gasteiger partial charge in [0.2, 0.25) is 0 Å². The molecule has 0 fully saturated rings. The van der Waals surface area contributed by atoms with Crippen LogP contribution in [-0.4, -0.2) is 18.4 Å². The van der Waals surface area contributed by atoms with Crippen molar-refractivity contribution in [3.8, 4) is 5.75 Å². The standard InChI is InChI=1S/C16H14ClIN2O3/c1-2-23-12-6-3-10(4-7-12)15(21)19-20-16(22)13-8-5-11(17)9-14(13)18/h3-9H,2H2,1H3,(H,19,21)(H,20,22). The van der Waals surface area contributed by atoms with Gasteiger partial charge in [0, 0.05) is 14.2 Å². The van der Waals surface area contributed by atoms with E-state index in [1.54, 1.807) is 42.5 Å². The van der Waals surface area contributed by atoms with E-state index >= 15 is 0 Å². The lowest BCUT2D eigenvalue weighted by Crippen LogP contribution is -2.41. The molecule has 7 heteroatoms. The van der Waals surface area contributed by atoms with Gasteiger partial charge in [-0.15, -0.1) is 0 Å². The van der Waals surface area contributed by atoms with Crippen LogP contribution in [0.2, 0.25) is 5.02 Å². The molecule has 0 bridgehead atoms. The highest BCUT2D eigenvalue weighted by Gasteiger charge is 2.12. The second-order valence-electron chi connectivity index (χ2n) is 4.49. The Labute approximate surface area is 152 Å². The molecule has 2 rings (SSSR count). The van der Waals surface area contributed by atoms with Crippen molar-refractivity contribution < 1.29 is 14.3 Å². The summed E-state index contributed by atoms with van der Waals surface area (Å²) in [4.78, 5) is 24.1. The SMILES string of the molecule is CCOc1ccc(C(=O)NNC(=O)c2ccc(Cl)cc2I)cc1. The van der Waals surface area contributed by atoms with Crippen molar-refractivity contribution in [2.75, 3.05) is 6.61 Å². The van der Waals surface area contributed by atoms with Crippen molar-refractivity contribution in [2.45, 2.75) is 6.92 Å². The number of carbonyl (C=O) groups is 2. The van der Waals surface area contributed by atoms with E-state index in [0.29, 0.717) is 32.1 Å². The van der Waals surface area contributed by atoms with Gasteiger partial charge < -0.3 is 4.74 Å². The molecule has 23 heavy (non-hydrogen) atoms. The molecule has 5 nitrogen and oxygen atoms in total. The fourth-order valence-electron chi connectivity index (χ4n) is 1.80. The zero-order chi connectivity index (χ0) is 16.8. The van der Waals surface area contributed by atoms with Crippen LogP contribution in [0.25, 0.3) is 0 Å². The van der Waals surface area contributed by atoms with E-state index in [1.165, 1.54) is 0 Å². The van der Waals surface area contributed by atoms with Gasteiger partial charge in [0.1, 0.15) is 5.75 Å². The third-order valence-electron chi connectivity index (χ3n) is 2.89. The lowest BCUT2D eigenvalue weighted by atomic mass is 10.2. The number of rotatable bonds is 4. The van der Waals surface area contributed by atoms with Gasteiger partial charge in [-0.3, -0.25) is 20.4 Å². The highest BCUT2D eigenvalue weighted by atomic mass is 127. The van der Waals surface area contributed by atoms with Gasteiger partial charge in [-0.05, 0) is 72.0 Å². The Kier molecular flexibility index (Phi) is 6.23. The lowest BCUT2D eigenvalue weighted by Gasteiger charge is -2.09. The predicted octanol–water partition coefficient (Wildman–Crippen LogP) is 3.42. The Hall–Kier alpha value is -1.80. The van der Waals surface area contributed by atoms with Gasteiger partial charge in [-0.2, -0.15) is 0 Å². The maximum Gasteiger partial charge on any atom is 0.270 e. The topological polar surface area (TPSA) is 67.4 Å². The normalized spacial score (nSPS) is 10.0. The Morgan fingerprint density at radius 1 is 1.09 bits per heavy atom. The van der Waals surface area contributed by atoms with Crippen LogP contribution in [-0.2, 0) is 0 Å². The van der Waals surface area contributed by atoms with Crippen molar-refractivity contribution in [2.24, 2.45) is 0 Å². The number of halogens is 2. The Bertz CT molecular complexity index is 720. The van der Waals surface area contributed by atoms with Crippen molar-refractivity contribution in [3.63, 3.8) is 0 Å². The molecule has 2 N–H and O–H groups in total. The summed E-state index contributed by atoms with van der Waals surface area (Å²) in [6, 6.07) is 11.5. The fourth-order valence-corrected chi connectivity index (χ4v) is 2.91. The summed E-state index contributed by atoms with van der Waals surface area (Å²) in [5, 5.41) is 0.546. The molecule has 0 aliphatic heterocycles. The number of amides is 2. The molecule has 2 aromatic rings. The number of benzene rings is 2. The first-order chi connectivity index (χ1) is 11.0. The molecule has 0 heterocycles. The first-order valence-electron chi connectivity index (χ1n) is 6.80. The largest absolute Gasteiger partial charge is 0.494 e. The average molecular weight is 445 g/mol. The number of ether oxygens (including phenoxy) is 1. The van der Waals surface area contributed by atoms with Gasteiger partial charge in [0.05, 0.1) is 12.2 Å². The molecule has 0 atom stereocenters. The van der Waals surface area contributed by atoms with E-state index in [-0.39, 0.29) is 0 Å². The van der Waals surface area contributed by atoms with E-state index < -0.39 is 11.8 Å². The van der Waals surface area contributed by atoms with E-state index in [9.17, 15) is 9.59 Å². The number of nitrogens with one attached hydrogen (secondary N) is 2. The molecule has 2 amide bonds. The molecular weight excluding hydrogens is 431 g/mol. The molecule has 0 aromatic heterocycles. The molecule has 0 unspecified atom stereocenters. The molecule has 2 aromatic carbocycles. The van der Waals surface area contributed by atoms with Crippen LogP contribution < -0.4 is 15.6 Å². The second-order valence-corrected chi connectivity index (χ2v) is 6.09. The number of hydrogen-bond donors (Lipinski definition) is 2. The highest BCUT2D eigenvalue weighted by Crippen LogP contribution is 2.17. The summed E-state index contributed by atoms with van der Waals surface area (Å²) in [7, 11) is 0. The molecule has 0 spiro atoms. The maximum absolute atomic E-state index is 12.1. The third-order valence-corrected chi connectivity index (χ3v) is 4.02. The number of carbonyl (C=O) groups excluding carboxylic acids is 2. The van der Waals surface area contributed by atoms with Crippen molar-refractivity contribution in [1.82, 2.24) is 10.9 Å². The van der Waals surface area contributed by atoms with Crippen LogP contribution in [0.3, 0.4) is 0 Å². The number of hydrogen-bond acceptors (Lipinski definition) is 3. The van der Waals surface area contributed by atoms with Crippen LogP contribution in [0.15, 0.2) is 42.5 Å². The molecular formula is C16H14ClIN2O3. The summed E-state index contributed by atoms with van der Waals surface area (Å²) >= 11 is 7.86. The van der Waals surface area contributed by atoms with Crippen LogP contribution in [0.5, 0.6) is 5.75 Å². The minimum absolute atomic E-state index is 0.412. The average Bonchev–Trinajstić information content (AvgIpc) is 2.53. The first-order valence-corrected chi connectivity index (χ1v) is 8.25. The summed E-state index contributed by atoms with van der Waals surface area (Å²) in [6.07, 6.45) is 0. The Morgan fingerprint density at radius 2 is 1.74 bits per heavy atom. The molecule has 0 aliphatic carbocycles. The van der Waals surface area contributed by atoms with E-state index in [4.69, 9.17) is 16.3 Å². The zero-order valence-electron chi connectivity index (χ0n) is 12.2.